The Hall–Kier alpha value is -7.02. The summed E-state index contributed by atoms with van der Waals surface area (Å²) in [6.45, 7) is 0.835. The third kappa shape index (κ3) is 16.0. The van der Waals surface area contributed by atoms with Crippen molar-refractivity contribution in [3.8, 4) is 0 Å². The quantitative estimate of drug-likeness (QED) is 0.0307. The molecule has 0 N–H and O–H groups in total. The normalized spacial score (nSPS) is 20.3. The second-order valence-electron chi connectivity index (χ2n) is 18.3. The van der Waals surface area contributed by atoms with Crippen molar-refractivity contribution >= 4 is 39.7 Å². The van der Waals surface area contributed by atoms with Gasteiger partial charge in [-0.15, -0.1) is 0 Å². The SMILES string of the molecule is COCC(=O)OCC1=C(C)C[C@@H](CC[C@H](COC(=O)c2ccccc2)OC(=O)c2ccccc2)O[C@H]1C[C@@H]1OC(C[C@@H](COC(=O)c2ccccc2)OC(=O)c2ccccc2)[C@H](OC)[C@H]1CS(=O)(=O)c1ccccc1. The van der Waals surface area contributed by atoms with E-state index in [0.717, 1.165) is 5.57 Å². The van der Waals surface area contributed by atoms with Gasteiger partial charge in [0.05, 0.1) is 63.4 Å². The molecule has 0 spiro atoms. The molecule has 1 saturated heterocycles. The van der Waals surface area contributed by atoms with Crippen LogP contribution in [0, 0.1) is 5.92 Å². The van der Waals surface area contributed by atoms with E-state index in [1.807, 2.05) is 6.92 Å². The number of carbonyl (C=O) groups is 5. The Morgan fingerprint density at radius 1 is 0.600 bits per heavy atom. The zero-order valence-electron chi connectivity index (χ0n) is 42.1. The fraction of sp³-hybridized carbons (Fsp3) is 0.362. The van der Waals surface area contributed by atoms with E-state index in [2.05, 4.69) is 0 Å². The molecule has 0 radical (unpaired) electrons. The number of benzene rings is 5. The van der Waals surface area contributed by atoms with Crippen molar-refractivity contribution in [3.63, 3.8) is 0 Å². The molecule has 75 heavy (non-hydrogen) atoms. The molecule has 0 aromatic heterocycles. The van der Waals surface area contributed by atoms with Crippen LogP contribution in [0.15, 0.2) is 168 Å². The number of ether oxygens (including phenoxy) is 9. The minimum atomic E-state index is -3.99. The lowest BCUT2D eigenvalue weighted by molar-refractivity contribution is -0.147. The maximum absolute atomic E-state index is 14.3. The summed E-state index contributed by atoms with van der Waals surface area (Å²) in [5.41, 5.74) is 2.68. The number of methoxy groups -OCH3 is 2. The van der Waals surface area contributed by atoms with Crippen molar-refractivity contribution in [3.05, 3.63) is 185 Å². The lowest BCUT2D eigenvalue weighted by Crippen LogP contribution is -2.40. The predicted molar refractivity (Wildman–Crippen MR) is 273 cm³/mol. The van der Waals surface area contributed by atoms with Gasteiger partial charge in [0.1, 0.15) is 38.6 Å². The number of carbonyl (C=O) groups excluding carboxylic acids is 5. The van der Waals surface area contributed by atoms with Gasteiger partial charge < -0.3 is 42.6 Å². The summed E-state index contributed by atoms with van der Waals surface area (Å²) in [6, 6.07) is 41.6. The Bertz CT molecular complexity index is 2790. The summed E-state index contributed by atoms with van der Waals surface area (Å²) in [5, 5.41) is 0. The van der Waals surface area contributed by atoms with Crippen molar-refractivity contribution < 1.29 is 75.0 Å². The van der Waals surface area contributed by atoms with Gasteiger partial charge >= 0.3 is 29.8 Å². The second kappa shape index (κ2) is 27.5. The summed E-state index contributed by atoms with van der Waals surface area (Å²) in [6.07, 6.45) is -5.10. The largest absolute Gasteiger partial charge is 0.459 e. The highest BCUT2D eigenvalue weighted by molar-refractivity contribution is 7.91. The Morgan fingerprint density at radius 2 is 1.08 bits per heavy atom. The Kier molecular flexibility index (Phi) is 20.4. The van der Waals surface area contributed by atoms with Crippen LogP contribution < -0.4 is 0 Å². The zero-order valence-corrected chi connectivity index (χ0v) is 42.9. The summed E-state index contributed by atoms with van der Waals surface area (Å²) < 4.78 is 82.6. The molecule has 0 saturated carbocycles. The molecule has 5 aromatic rings. The van der Waals surface area contributed by atoms with E-state index < -0.39 is 94.1 Å². The maximum atomic E-state index is 14.3. The van der Waals surface area contributed by atoms with Gasteiger partial charge in [0.15, 0.2) is 9.84 Å². The van der Waals surface area contributed by atoms with Gasteiger partial charge in [0.25, 0.3) is 0 Å². The van der Waals surface area contributed by atoms with E-state index >= 15 is 0 Å². The smallest absolute Gasteiger partial charge is 0.338 e. The topological polar surface area (TPSA) is 203 Å². The van der Waals surface area contributed by atoms with Crippen molar-refractivity contribution in [2.75, 3.05) is 46.4 Å². The van der Waals surface area contributed by atoms with E-state index in [0.29, 0.717) is 29.5 Å². The van der Waals surface area contributed by atoms with E-state index in [1.54, 1.807) is 140 Å². The standard InChI is InChI=1S/C58H62O16S/c1-39-31-44(29-30-45(72-57(62)42-23-13-6-14-24-42)34-69-55(60)40-19-9-4-10-20-40)71-50(48(39)36-68-53(59)37-66-2)33-51-49(38-75(64,65)47-27-17-8-18-28-47)54(67-3)52(74-51)32-46(73-58(63)43-25-15-7-16-26-43)35-70-56(61)41-21-11-5-12-22-41/h4-28,44-46,49-52,54H,29-38H2,1-3H3/t44-,45-,46+,49+,50+,51+,52?,54-/m1/s1. The van der Waals surface area contributed by atoms with Crippen LogP contribution in [0.4, 0.5) is 0 Å². The van der Waals surface area contributed by atoms with Gasteiger partial charge in [-0.3, -0.25) is 0 Å². The summed E-state index contributed by atoms with van der Waals surface area (Å²) in [4.78, 5) is 66.1. The lowest BCUT2D eigenvalue weighted by Gasteiger charge is -2.36. The number of hydrogen-bond donors (Lipinski definition) is 0. The molecular weight excluding hydrogens is 985 g/mol. The minimum absolute atomic E-state index is 0.0505. The van der Waals surface area contributed by atoms with Crippen LogP contribution >= 0.6 is 0 Å². The summed E-state index contributed by atoms with van der Waals surface area (Å²) in [7, 11) is -1.17. The number of sulfone groups is 1. The third-order valence-electron chi connectivity index (χ3n) is 13.0. The van der Waals surface area contributed by atoms with Gasteiger partial charge in [-0.1, -0.05) is 96.6 Å². The minimum Gasteiger partial charge on any atom is -0.459 e. The molecule has 2 aliphatic rings. The Morgan fingerprint density at radius 3 is 1.59 bits per heavy atom. The highest BCUT2D eigenvalue weighted by Gasteiger charge is 2.49. The van der Waals surface area contributed by atoms with Crippen LogP contribution in [0.2, 0.25) is 0 Å². The van der Waals surface area contributed by atoms with Crippen molar-refractivity contribution in [2.24, 2.45) is 5.92 Å². The van der Waals surface area contributed by atoms with Crippen molar-refractivity contribution in [2.45, 2.75) is 86.7 Å². The third-order valence-corrected chi connectivity index (χ3v) is 14.8. The molecule has 7 rings (SSSR count). The van der Waals surface area contributed by atoms with Gasteiger partial charge in [0, 0.05) is 33.0 Å². The van der Waals surface area contributed by atoms with E-state index in [9.17, 15) is 32.4 Å². The first-order valence-electron chi connectivity index (χ1n) is 24.7. The highest BCUT2D eigenvalue weighted by Crippen LogP contribution is 2.40. The van der Waals surface area contributed by atoms with E-state index in [4.69, 9.17) is 42.6 Å². The molecule has 1 fully saturated rings. The van der Waals surface area contributed by atoms with Crippen LogP contribution in [0.3, 0.4) is 0 Å². The molecular formula is C58H62O16S. The first-order valence-corrected chi connectivity index (χ1v) is 26.4. The van der Waals surface area contributed by atoms with Crippen molar-refractivity contribution in [1.29, 1.82) is 0 Å². The molecule has 0 amide bonds. The fourth-order valence-electron chi connectivity index (χ4n) is 9.24. The monoisotopic (exact) mass is 1050 g/mol. The lowest BCUT2D eigenvalue weighted by atomic mass is 9.87. The fourth-order valence-corrected chi connectivity index (χ4v) is 10.9. The zero-order chi connectivity index (χ0) is 53.2. The van der Waals surface area contributed by atoms with Gasteiger partial charge in [0.2, 0.25) is 0 Å². The summed E-state index contributed by atoms with van der Waals surface area (Å²) >= 11 is 0. The average Bonchev–Trinajstić information content (AvgIpc) is 3.74. The molecule has 1 unspecified atom stereocenters. The van der Waals surface area contributed by atoms with E-state index in [1.165, 1.54) is 26.4 Å². The maximum Gasteiger partial charge on any atom is 0.338 e. The number of rotatable bonds is 25. The van der Waals surface area contributed by atoms with Crippen LogP contribution in [0.25, 0.3) is 0 Å². The van der Waals surface area contributed by atoms with Gasteiger partial charge in [-0.2, -0.15) is 0 Å². The van der Waals surface area contributed by atoms with Crippen LogP contribution in [0.1, 0.15) is 80.5 Å². The molecule has 8 atom stereocenters. The Labute approximate surface area is 437 Å². The van der Waals surface area contributed by atoms with Gasteiger partial charge in [-0.25, -0.2) is 32.4 Å². The van der Waals surface area contributed by atoms with Crippen LogP contribution in [-0.2, 0) is 57.3 Å². The Balaban J connectivity index is 1.16. The highest BCUT2D eigenvalue weighted by atomic mass is 32.2. The molecule has 0 aliphatic carbocycles. The molecule has 5 aromatic carbocycles. The molecule has 2 aliphatic heterocycles. The van der Waals surface area contributed by atoms with Crippen molar-refractivity contribution in [1.82, 2.24) is 0 Å². The molecule has 17 heteroatoms. The predicted octanol–water partition coefficient (Wildman–Crippen LogP) is 8.25. The van der Waals surface area contributed by atoms with Crippen LogP contribution in [-0.4, -0.2) is 127 Å². The van der Waals surface area contributed by atoms with Gasteiger partial charge in [-0.05, 0) is 92.4 Å². The molecule has 0 bridgehead atoms. The van der Waals surface area contributed by atoms with Crippen LogP contribution in [0.5, 0.6) is 0 Å². The molecule has 396 valence electrons. The first kappa shape index (κ1) is 55.7. The number of hydrogen-bond acceptors (Lipinski definition) is 16. The number of esters is 5. The average molecular weight is 1050 g/mol. The first-order chi connectivity index (χ1) is 36.3. The molecule has 16 nitrogen and oxygen atoms in total. The molecule has 2 heterocycles. The summed E-state index contributed by atoms with van der Waals surface area (Å²) in [5.74, 6) is -4.37. The second-order valence-corrected chi connectivity index (χ2v) is 20.3. The van der Waals surface area contributed by atoms with E-state index in [-0.39, 0.29) is 61.7 Å².